The summed E-state index contributed by atoms with van der Waals surface area (Å²) in [6, 6.07) is 6.04. The van der Waals surface area contributed by atoms with E-state index in [-0.39, 0.29) is 5.82 Å². The lowest BCUT2D eigenvalue weighted by molar-refractivity contribution is -0.148. The molecule has 1 atom stereocenters. The van der Waals surface area contributed by atoms with Crippen molar-refractivity contribution in [1.82, 2.24) is 10.2 Å². The van der Waals surface area contributed by atoms with Crippen LogP contribution >= 0.6 is 0 Å². The normalized spacial score (nSPS) is 14.0. The molecule has 1 unspecified atom stereocenters. The van der Waals surface area contributed by atoms with E-state index in [1.807, 2.05) is 0 Å². The van der Waals surface area contributed by atoms with E-state index < -0.39 is 11.5 Å². The molecule has 0 bridgehead atoms. The Hall–Kier alpha value is -1.46. The van der Waals surface area contributed by atoms with Crippen molar-refractivity contribution < 1.29 is 13.9 Å². The number of esters is 1. The zero-order valence-corrected chi connectivity index (χ0v) is 13.3. The summed E-state index contributed by atoms with van der Waals surface area (Å²) >= 11 is 0. The van der Waals surface area contributed by atoms with Gasteiger partial charge < -0.3 is 9.64 Å². The number of halogens is 1. The van der Waals surface area contributed by atoms with E-state index in [9.17, 15) is 9.18 Å². The highest BCUT2D eigenvalue weighted by atomic mass is 19.1. The minimum atomic E-state index is -1.05. The summed E-state index contributed by atoms with van der Waals surface area (Å²) < 4.78 is 18.3. The van der Waals surface area contributed by atoms with Gasteiger partial charge in [-0.15, -0.1) is 0 Å². The zero-order valence-electron chi connectivity index (χ0n) is 13.3. The molecule has 5 heteroatoms. The average Bonchev–Trinajstić information content (AvgIpc) is 2.50. The number of benzene rings is 1. The number of ether oxygens (including phenoxy) is 1. The quantitative estimate of drug-likeness (QED) is 0.746. The molecule has 1 aromatic carbocycles. The highest BCUT2D eigenvalue weighted by Gasteiger charge is 2.36. The Morgan fingerprint density at radius 2 is 2.05 bits per heavy atom. The molecular weight excluding hydrogens is 271 g/mol. The van der Waals surface area contributed by atoms with Gasteiger partial charge in [-0.2, -0.15) is 0 Å². The molecule has 0 spiro atoms. The first-order valence-electron chi connectivity index (χ1n) is 7.29. The molecule has 0 aromatic heterocycles. The van der Waals surface area contributed by atoms with E-state index in [2.05, 4.69) is 24.1 Å². The van der Waals surface area contributed by atoms with E-state index >= 15 is 0 Å². The highest BCUT2D eigenvalue weighted by molar-refractivity contribution is 5.82. The summed E-state index contributed by atoms with van der Waals surface area (Å²) in [5, 5.41) is 3.21. The van der Waals surface area contributed by atoms with Crippen molar-refractivity contribution in [1.29, 1.82) is 0 Å². The van der Waals surface area contributed by atoms with E-state index in [4.69, 9.17) is 4.74 Å². The second-order valence-corrected chi connectivity index (χ2v) is 5.08. The second kappa shape index (κ2) is 8.10. The molecule has 0 aliphatic carbocycles. The fraction of sp³-hybridized carbons (Fsp3) is 0.562. The summed E-state index contributed by atoms with van der Waals surface area (Å²) in [6.45, 7) is 9.24. The molecule has 0 heterocycles. The number of hydrogen-bond acceptors (Lipinski definition) is 4. The summed E-state index contributed by atoms with van der Waals surface area (Å²) in [7, 11) is 1.34. The molecule has 0 radical (unpaired) electrons. The maximum Gasteiger partial charge on any atom is 0.330 e. The number of rotatable bonds is 8. The van der Waals surface area contributed by atoms with E-state index in [1.165, 1.54) is 19.2 Å². The Balaban J connectivity index is 2.87. The first-order valence-corrected chi connectivity index (χ1v) is 7.29. The van der Waals surface area contributed by atoms with Gasteiger partial charge in [0.1, 0.15) is 11.4 Å². The van der Waals surface area contributed by atoms with Crippen LogP contribution in [0.2, 0.25) is 0 Å². The third-order valence-corrected chi connectivity index (χ3v) is 3.80. The van der Waals surface area contributed by atoms with Crippen LogP contribution in [0.15, 0.2) is 24.3 Å². The number of nitrogens with zero attached hydrogens (tertiary/aromatic N) is 1. The highest BCUT2D eigenvalue weighted by Crippen LogP contribution is 2.23. The number of methoxy groups -OCH3 is 1. The molecule has 4 nitrogen and oxygen atoms in total. The number of carbonyl (C=O) groups is 1. The smallest absolute Gasteiger partial charge is 0.330 e. The predicted molar refractivity (Wildman–Crippen MR) is 81.6 cm³/mol. The molecule has 0 amide bonds. The van der Waals surface area contributed by atoms with Crippen LogP contribution in [-0.2, 0) is 15.1 Å². The van der Waals surface area contributed by atoms with Gasteiger partial charge in [-0.05, 0) is 37.7 Å². The van der Waals surface area contributed by atoms with Crippen molar-refractivity contribution >= 4 is 5.97 Å². The maximum atomic E-state index is 13.4. The Morgan fingerprint density at radius 1 is 1.38 bits per heavy atom. The Bertz CT molecular complexity index is 463. The first kappa shape index (κ1) is 17.6. The number of carbonyl (C=O) groups excluding carboxylic acids is 1. The monoisotopic (exact) mass is 296 g/mol. The fourth-order valence-corrected chi connectivity index (χ4v) is 2.30. The second-order valence-electron chi connectivity index (χ2n) is 5.08. The van der Waals surface area contributed by atoms with Gasteiger partial charge in [0.25, 0.3) is 0 Å². The van der Waals surface area contributed by atoms with Crippen LogP contribution < -0.4 is 5.32 Å². The van der Waals surface area contributed by atoms with E-state index in [1.54, 1.807) is 19.1 Å². The van der Waals surface area contributed by atoms with Gasteiger partial charge in [-0.3, -0.25) is 5.32 Å². The van der Waals surface area contributed by atoms with Crippen LogP contribution in [0.4, 0.5) is 4.39 Å². The van der Waals surface area contributed by atoms with Crippen LogP contribution in [0.25, 0.3) is 0 Å². The number of hydrogen-bond donors (Lipinski definition) is 1. The topological polar surface area (TPSA) is 41.6 Å². The molecule has 1 aromatic rings. The lowest BCUT2D eigenvalue weighted by atomic mass is 9.92. The molecule has 1 rings (SSSR count). The molecular formula is C16H25FN2O2. The molecule has 0 saturated heterocycles. The van der Waals surface area contributed by atoms with Crippen LogP contribution in [-0.4, -0.2) is 44.2 Å². The number of nitrogens with one attached hydrogen (secondary N) is 1. The van der Waals surface area contributed by atoms with E-state index in [0.29, 0.717) is 12.1 Å². The van der Waals surface area contributed by atoms with Crippen molar-refractivity contribution in [2.24, 2.45) is 0 Å². The van der Waals surface area contributed by atoms with Gasteiger partial charge in [0.05, 0.1) is 7.11 Å². The predicted octanol–water partition coefficient (Wildman–Crippen LogP) is 2.15. The summed E-state index contributed by atoms with van der Waals surface area (Å²) in [5.74, 6) is -0.791. The lowest BCUT2D eigenvalue weighted by Crippen LogP contribution is -2.49. The third kappa shape index (κ3) is 4.51. The molecule has 0 saturated carbocycles. The van der Waals surface area contributed by atoms with Crippen LogP contribution in [0.3, 0.4) is 0 Å². The SMILES string of the molecule is CCN(CC)CCNC(C)(C(=O)OC)c1cccc(F)c1. The first-order chi connectivity index (χ1) is 9.97. The fourth-order valence-electron chi connectivity index (χ4n) is 2.30. The zero-order chi connectivity index (χ0) is 15.9. The summed E-state index contributed by atoms with van der Waals surface area (Å²) in [4.78, 5) is 14.4. The van der Waals surface area contributed by atoms with Gasteiger partial charge in [0.15, 0.2) is 0 Å². The molecule has 0 fully saturated rings. The van der Waals surface area contributed by atoms with Gasteiger partial charge in [-0.1, -0.05) is 26.0 Å². The van der Waals surface area contributed by atoms with Crippen molar-refractivity contribution in [2.75, 3.05) is 33.3 Å². The number of likely N-dealkylation sites (N-methyl/N-ethyl adjacent to an activating group) is 1. The van der Waals surface area contributed by atoms with Gasteiger partial charge >= 0.3 is 5.97 Å². The average molecular weight is 296 g/mol. The largest absolute Gasteiger partial charge is 0.467 e. The minimum absolute atomic E-state index is 0.367. The van der Waals surface area contributed by atoms with Crippen molar-refractivity contribution in [3.63, 3.8) is 0 Å². The molecule has 1 N–H and O–H groups in total. The van der Waals surface area contributed by atoms with Crippen molar-refractivity contribution in [3.8, 4) is 0 Å². The van der Waals surface area contributed by atoms with Crippen LogP contribution in [0.1, 0.15) is 26.3 Å². The molecule has 21 heavy (non-hydrogen) atoms. The Labute approximate surface area is 126 Å². The maximum absolute atomic E-state index is 13.4. The van der Waals surface area contributed by atoms with Crippen LogP contribution in [0, 0.1) is 5.82 Å². The van der Waals surface area contributed by atoms with Gasteiger partial charge in [0, 0.05) is 13.1 Å². The van der Waals surface area contributed by atoms with Gasteiger partial charge in [0.2, 0.25) is 0 Å². The van der Waals surface area contributed by atoms with Crippen LogP contribution in [0.5, 0.6) is 0 Å². The summed E-state index contributed by atoms with van der Waals surface area (Å²) in [5.41, 5.74) is -0.488. The molecule has 0 aliphatic heterocycles. The minimum Gasteiger partial charge on any atom is -0.467 e. The lowest BCUT2D eigenvalue weighted by Gasteiger charge is -2.30. The molecule has 0 aliphatic rings. The third-order valence-electron chi connectivity index (χ3n) is 3.80. The van der Waals surface area contributed by atoms with Gasteiger partial charge in [-0.25, -0.2) is 9.18 Å². The molecule has 118 valence electrons. The van der Waals surface area contributed by atoms with Crippen molar-refractivity contribution in [3.05, 3.63) is 35.6 Å². The summed E-state index contributed by atoms with van der Waals surface area (Å²) in [6.07, 6.45) is 0. The van der Waals surface area contributed by atoms with E-state index in [0.717, 1.165) is 19.6 Å². The Kier molecular flexibility index (Phi) is 6.78. The standard InChI is InChI=1S/C16H25FN2O2/c1-5-19(6-2)11-10-18-16(3,15(20)21-4)13-8-7-9-14(17)12-13/h7-9,12,18H,5-6,10-11H2,1-4H3. The Morgan fingerprint density at radius 3 is 2.57 bits per heavy atom. The van der Waals surface area contributed by atoms with Crippen molar-refractivity contribution in [2.45, 2.75) is 26.3 Å².